The van der Waals surface area contributed by atoms with Crippen LogP contribution in [0.3, 0.4) is 0 Å². The number of anilines is 2. The van der Waals surface area contributed by atoms with Crippen LogP contribution in [0.5, 0.6) is 5.75 Å². The third-order valence-corrected chi connectivity index (χ3v) is 6.81. The van der Waals surface area contributed by atoms with Crippen LogP contribution in [0.2, 0.25) is 0 Å². The molecule has 4 rings (SSSR count). The van der Waals surface area contributed by atoms with E-state index in [4.69, 9.17) is 10.5 Å². The molecule has 8 heteroatoms. The van der Waals surface area contributed by atoms with Crippen LogP contribution in [-0.4, -0.2) is 30.4 Å². The third kappa shape index (κ3) is 3.67. The fourth-order valence-electron chi connectivity index (χ4n) is 4.09. The Morgan fingerprint density at radius 2 is 2.10 bits per heavy atom. The predicted octanol–water partition coefficient (Wildman–Crippen LogP) is 3.03. The number of fused-ring (bicyclic) bond motifs is 2. The number of hydrogen-bond donors (Lipinski definition) is 2. The molecule has 30 heavy (non-hydrogen) atoms. The van der Waals surface area contributed by atoms with E-state index in [1.54, 1.807) is 13.0 Å². The summed E-state index contributed by atoms with van der Waals surface area (Å²) < 4.78 is 5.66. The van der Waals surface area contributed by atoms with Crippen LogP contribution in [0.15, 0.2) is 18.2 Å². The zero-order valence-corrected chi connectivity index (χ0v) is 18.1. The van der Waals surface area contributed by atoms with Crippen LogP contribution in [0, 0.1) is 12.8 Å². The molecule has 2 atom stereocenters. The Labute approximate surface area is 179 Å². The van der Waals surface area contributed by atoms with E-state index < -0.39 is 12.0 Å². The number of thiophene rings is 1. The van der Waals surface area contributed by atoms with Crippen molar-refractivity contribution < 1.29 is 19.1 Å². The van der Waals surface area contributed by atoms with Crippen molar-refractivity contribution in [1.82, 2.24) is 0 Å². The first kappa shape index (κ1) is 20.4. The summed E-state index contributed by atoms with van der Waals surface area (Å²) in [5.41, 5.74) is 8.53. The average molecular weight is 428 g/mol. The van der Waals surface area contributed by atoms with E-state index >= 15 is 0 Å². The van der Waals surface area contributed by atoms with Crippen molar-refractivity contribution in [2.75, 3.05) is 16.8 Å². The summed E-state index contributed by atoms with van der Waals surface area (Å²) in [4.78, 5) is 40.2. The molecule has 0 saturated heterocycles. The number of nitrogens with one attached hydrogen (secondary N) is 1. The number of nitrogens with two attached hydrogens (primary N) is 1. The minimum Gasteiger partial charge on any atom is -0.479 e. The summed E-state index contributed by atoms with van der Waals surface area (Å²) in [6.45, 7) is 5.59. The molecule has 0 radical (unpaired) electrons. The lowest BCUT2D eigenvalue weighted by Crippen LogP contribution is -2.47. The quantitative estimate of drug-likeness (QED) is 0.783. The summed E-state index contributed by atoms with van der Waals surface area (Å²) >= 11 is 1.41. The van der Waals surface area contributed by atoms with Gasteiger partial charge in [0.2, 0.25) is 5.91 Å². The molecule has 7 nitrogen and oxygen atoms in total. The molecule has 3 amide bonds. The van der Waals surface area contributed by atoms with Crippen molar-refractivity contribution in [2.24, 2.45) is 11.7 Å². The first-order valence-electron chi connectivity index (χ1n) is 10.1. The van der Waals surface area contributed by atoms with Crippen molar-refractivity contribution in [2.45, 2.75) is 46.1 Å². The van der Waals surface area contributed by atoms with E-state index in [2.05, 4.69) is 12.2 Å². The van der Waals surface area contributed by atoms with Gasteiger partial charge in [0.15, 0.2) is 6.10 Å². The van der Waals surface area contributed by atoms with Gasteiger partial charge >= 0.3 is 0 Å². The van der Waals surface area contributed by atoms with Gasteiger partial charge in [0, 0.05) is 4.88 Å². The zero-order chi connectivity index (χ0) is 21.6. The molecule has 2 aromatic rings. The molecular formula is C22H25N3O4S. The zero-order valence-electron chi connectivity index (χ0n) is 17.3. The van der Waals surface area contributed by atoms with Crippen LogP contribution in [0.25, 0.3) is 0 Å². The van der Waals surface area contributed by atoms with Gasteiger partial charge in [-0.2, -0.15) is 0 Å². The normalized spacial score (nSPS) is 20.2. The average Bonchev–Trinajstić information content (AvgIpc) is 3.02. The van der Waals surface area contributed by atoms with Crippen molar-refractivity contribution in [3.05, 3.63) is 39.8 Å². The van der Waals surface area contributed by atoms with Crippen LogP contribution < -0.4 is 20.7 Å². The van der Waals surface area contributed by atoms with Gasteiger partial charge in [0.1, 0.15) is 17.3 Å². The molecule has 2 heterocycles. The molecule has 158 valence electrons. The maximum Gasteiger partial charge on any atom is 0.268 e. The van der Waals surface area contributed by atoms with Crippen LogP contribution in [0.4, 0.5) is 10.7 Å². The number of rotatable bonds is 4. The van der Waals surface area contributed by atoms with E-state index in [0.717, 1.165) is 35.3 Å². The fourth-order valence-corrected chi connectivity index (χ4v) is 5.52. The van der Waals surface area contributed by atoms with Crippen molar-refractivity contribution in [3.63, 3.8) is 0 Å². The number of aryl methyl sites for hydroxylation is 1. The van der Waals surface area contributed by atoms with Gasteiger partial charge in [-0.25, -0.2) is 0 Å². The minimum atomic E-state index is -0.676. The topological polar surface area (TPSA) is 102 Å². The van der Waals surface area contributed by atoms with Crippen molar-refractivity contribution in [3.8, 4) is 5.75 Å². The van der Waals surface area contributed by atoms with E-state index in [-0.39, 0.29) is 18.4 Å². The molecule has 1 aromatic carbocycles. The third-order valence-electron chi connectivity index (χ3n) is 5.64. The van der Waals surface area contributed by atoms with Crippen LogP contribution >= 0.6 is 11.3 Å². The first-order chi connectivity index (χ1) is 14.2. The van der Waals surface area contributed by atoms with E-state index in [9.17, 15) is 14.4 Å². The minimum absolute atomic E-state index is 0.167. The summed E-state index contributed by atoms with van der Waals surface area (Å²) in [6.07, 6.45) is 1.98. The van der Waals surface area contributed by atoms with E-state index in [1.807, 2.05) is 19.1 Å². The van der Waals surface area contributed by atoms with Gasteiger partial charge in [0.25, 0.3) is 11.8 Å². The Morgan fingerprint density at radius 3 is 2.83 bits per heavy atom. The molecule has 1 aliphatic carbocycles. The molecule has 0 bridgehead atoms. The molecule has 1 aromatic heterocycles. The molecule has 2 unspecified atom stereocenters. The predicted molar refractivity (Wildman–Crippen MR) is 116 cm³/mol. The first-order valence-corrected chi connectivity index (χ1v) is 10.9. The van der Waals surface area contributed by atoms with Crippen LogP contribution in [0.1, 0.15) is 46.6 Å². The van der Waals surface area contributed by atoms with Crippen molar-refractivity contribution in [1.29, 1.82) is 0 Å². The Hall–Kier alpha value is -2.87. The second-order valence-corrected chi connectivity index (χ2v) is 9.23. The number of carbonyl (C=O) groups excluding carboxylic acids is 3. The second-order valence-electron chi connectivity index (χ2n) is 8.12. The maximum absolute atomic E-state index is 12.9. The van der Waals surface area contributed by atoms with Gasteiger partial charge in [-0.1, -0.05) is 13.0 Å². The summed E-state index contributed by atoms with van der Waals surface area (Å²) in [6, 6.07) is 5.53. The maximum atomic E-state index is 12.9. The number of amides is 3. The number of nitrogens with zero attached hydrogens (tertiary/aromatic N) is 1. The lowest BCUT2D eigenvalue weighted by molar-refractivity contribution is -0.127. The Kier molecular flexibility index (Phi) is 5.27. The molecule has 0 fully saturated rings. The van der Waals surface area contributed by atoms with Crippen LogP contribution in [-0.2, 0) is 22.4 Å². The molecule has 1 aliphatic heterocycles. The van der Waals surface area contributed by atoms with Gasteiger partial charge in [0.05, 0.1) is 11.3 Å². The number of primary amides is 1. The molecule has 2 aliphatic rings. The summed E-state index contributed by atoms with van der Waals surface area (Å²) in [5.74, 6) is -0.0855. The highest BCUT2D eigenvalue weighted by Gasteiger charge is 2.33. The highest BCUT2D eigenvalue weighted by molar-refractivity contribution is 7.17. The van der Waals surface area contributed by atoms with Gasteiger partial charge in [-0.3, -0.25) is 19.3 Å². The number of benzene rings is 1. The summed E-state index contributed by atoms with van der Waals surface area (Å²) in [7, 11) is 0. The second kappa shape index (κ2) is 7.75. The fraction of sp³-hybridized carbons (Fsp3) is 0.409. The Bertz CT molecular complexity index is 1050. The highest BCUT2D eigenvalue weighted by atomic mass is 32.1. The molecular weight excluding hydrogens is 402 g/mol. The Balaban J connectivity index is 1.60. The highest BCUT2D eigenvalue weighted by Crippen LogP contribution is 2.40. The van der Waals surface area contributed by atoms with Gasteiger partial charge in [-0.05, 0) is 62.3 Å². The molecule has 3 N–H and O–H groups in total. The smallest absolute Gasteiger partial charge is 0.268 e. The van der Waals surface area contributed by atoms with Gasteiger partial charge < -0.3 is 15.8 Å². The molecule has 0 saturated carbocycles. The largest absolute Gasteiger partial charge is 0.479 e. The van der Waals surface area contributed by atoms with E-state index in [0.29, 0.717) is 27.9 Å². The Morgan fingerprint density at radius 1 is 1.33 bits per heavy atom. The SMILES string of the molecule is Cc1ccc2c(c1)N(CC(=O)Nc1sc3c(c1C(N)=O)CCC(C)C3)C(=O)C(C)O2. The number of hydrogen-bond acceptors (Lipinski definition) is 5. The summed E-state index contributed by atoms with van der Waals surface area (Å²) in [5, 5.41) is 3.31. The standard InChI is InChI=1S/C22H25N3O4S/c1-11-5-7-16-15(8-11)25(22(28)13(3)29-16)10-18(26)24-21-19(20(23)27)14-6-4-12(2)9-17(14)30-21/h5,7-8,12-13H,4,6,9-10H2,1-3H3,(H2,23,27)(H,24,26). The lowest BCUT2D eigenvalue weighted by atomic mass is 9.88. The van der Waals surface area contributed by atoms with E-state index in [1.165, 1.54) is 16.2 Å². The van der Waals surface area contributed by atoms with Gasteiger partial charge in [-0.15, -0.1) is 11.3 Å². The van der Waals surface area contributed by atoms with Crippen molar-refractivity contribution >= 4 is 39.7 Å². The molecule has 0 spiro atoms. The lowest BCUT2D eigenvalue weighted by Gasteiger charge is -2.32. The monoisotopic (exact) mass is 427 g/mol. The number of carbonyl (C=O) groups is 3. The number of ether oxygens (including phenoxy) is 1.